The van der Waals surface area contributed by atoms with Crippen LogP contribution in [0.1, 0.15) is 36.8 Å². The highest BCUT2D eigenvalue weighted by Gasteiger charge is 2.17. The van der Waals surface area contributed by atoms with Crippen molar-refractivity contribution in [3.05, 3.63) is 59.9 Å². The van der Waals surface area contributed by atoms with E-state index in [2.05, 4.69) is 51.5 Å². The van der Waals surface area contributed by atoms with Crippen LogP contribution in [0.3, 0.4) is 0 Å². The Morgan fingerprint density at radius 2 is 1.81 bits per heavy atom. The van der Waals surface area contributed by atoms with E-state index in [0.717, 1.165) is 39.5 Å². The van der Waals surface area contributed by atoms with E-state index in [9.17, 15) is 0 Å². The molecule has 0 aliphatic heterocycles. The van der Waals surface area contributed by atoms with Gasteiger partial charge >= 0.3 is 0 Å². The second-order valence-electron chi connectivity index (χ2n) is 7.01. The minimum Gasteiger partial charge on any atom is -0.355 e. The molecule has 3 aromatic heterocycles. The van der Waals surface area contributed by atoms with Gasteiger partial charge in [0.25, 0.3) is 0 Å². The number of aryl methyl sites for hydroxylation is 2. The maximum absolute atomic E-state index is 4.68. The van der Waals surface area contributed by atoms with Crippen molar-refractivity contribution in [3.8, 4) is 0 Å². The molecule has 0 spiro atoms. The zero-order valence-corrected chi connectivity index (χ0v) is 16.0. The van der Waals surface area contributed by atoms with E-state index >= 15 is 0 Å². The first kappa shape index (κ1) is 17.2. The molecule has 7 heteroatoms. The fraction of sp³-hybridized carbons (Fsp3) is 0.300. The van der Waals surface area contributed by atoms with Crippen LogP contribution >= 0.6 is 0 Å². The fourth-order valence-corrected chi connectivity index (χ4v) is 3.29. The van der Waals surface area contributed by atoms with E-state index in [4.69, 9.17) is 0 Å². The van der Waals surface area contributed by atoms with E-state index in [1.165, 1.54) is 0 Å². The molecule has 4 rings (SSSR count). The molecule has 7 nitrogen and oxygen atoms in total. The summed E-state index contributed by atoms with van der Waals surface area (Å²) in [4.78, 5) is 8.87. The highest BCUT2D eigenvalue weighted by molar-refractivity contribution is 5.94. The molecule has 27 heavy (non-hydrogen) atoms. The number of rotatable bonds is 5. The van der Waals surface area contributed by atoms with Gasteiger partial charge in [0.05, 0.1) is 16.8 Å². The summed E-state index contributed by atoms with van der Waals surface area (Å²) in [5.41, 5.74) is 5.12. The van der Waals surface area contributed by atoms with Crippen molar-refractivity contribution >= 4 is 22.4 Å². The molecule has 0 aliphatic rings. The van der Waals surface area contributed by atoms with Crippen LogP contribution in [0.2, 0.25) is 0 Å². The van der Waals surface area contributed by atoms with Gasteiger partial charge in [-0.25, -0.2) is 9.97 Å². The van der Waals surface area contributed by atoms with Gasteiger partial charge in [0.2, 0.25) is 0 Å². The van der Waals surface area contributed by atoms with Crippen LogP contribution in [0, 0.1) is 0 Å². The number of fused-ring (bicyclic) bond motifs is 1. The Morgan fingerprint density at radius 1 is 1.00 bits per heavy atom. The summed E-state index contributed by atoms with van der Waals surface area (Å²) < 4.78 is 3.57. The van der Waals surface area contributed by atoms with Gasteiger partial charge < -0.3 is 5.32 Å². The smallest absolute Gasteiger partial charge is 0.159 e. The maximum atomic E-state index is 4.68. The first-order valence-corrected chi connectivity index (χ1v) is 9.04. The van der Waals surface area contributed by atoms with Crippen LogP contribution < -0.4 is 5.32 Å². The Kier molecular flexibility index (Phi) is 4.35. The molecule has 0 bridgehead atoms. The summed E-state index contributed by atoms with van der Waals surface area (Å²) in [6.07, 6.45) is 4.21. The molecule has 1 N–H and O–H groups in total. The minimum absolute atomic E-state index is 0.311. The van der Waals surface area contributed by atoms with Crippen molar-refractivity contribution < 1.29 is 0 Å². The van der Waals surface area contributed by atoms with E-state index in [0.29, 0.717) is 12.3 Å². The number of hydrogen-bond donors (Lipinski definition) is 1. The van der Waals surface area contributed by atoms with Crippen molar-refractivity contribution in [2.45, 2.75) is 26.2 Å². The van der Waals surface area contributed by atoms with Crippen molar-refractivity contribution in [3.63, 3.8) is 0 Å². The predicted molar refractivity (Wildman–Crippen MR) is 106 cm³/mol. The van der Waals surface area contributed by atoms with Crippen LogP contribution in [0.4, 0.5) is 11.4 Å². The van der Waals surface area contributed by atoms with Gasteiger partial charge in [0.1, 0.15) is 6.33 Å². The maximum Gasteiger partial charge on any atom is 0.159 e. The molecule has 0 amide bonds. The molecule has 0 aliphatic carbocycles. The molecular weight excluding hydrogens is 338 g/mol. The molecule has 0 saturated carbocycles. The summed E-state index contributed by atoms with van der Waals surface area (Å²) in [5, 5.41) is 13.7. The fourth-order valence-electron chi connectivity index (χ4n) is 3.29. The molecule has 0 unspecified atom stereocenters. The van der Waals surface area contributed by atoms with Crippen LogP contribution in [-0.2, 0) is 20.5 Å². The lowest BCUT2D eigenvalue weighted by atomic mass is 10.1. The number of pyridine rings is 1. The molecule has 0 atom stereocenters. The topological polar surface area (TPSA) is 73.5 Å². The molecule has 0 fully saturated rings. The Labute approximate surface area is 158 Å². The average Bonchev–Trinajstić information content (AvgIpc) is 3.21. The predicted octanol–water partition coefficient (Wildman–Crippen LogP) is 3.55. The van der Waals surface area contributed by atoms with Gasteiger partial charge in [0.15, 0.2) is 11.5 Å². The summed E-state index contributed by atoms with van der Waals surface area (Å²) in [6.45, 7) is 4.30. The SMILES string of the molecule is CC(C)c1nn(C)c2nccc(Nc3ccccc3Cc3ncn(C)n3)c12. The van der Waals surface area contributed by atoms with Crippen LogP contribution in [-0.4, -0.2) is 29.5 Å². The van der Waals surface area contributed by atoms with Gasteiger partial charge in [-0.1, -0.05) is 32.0 Å². The van der Waals surface area contributed by atoms with Gasteiger partial charge in [-0.2, -0.15) is 10.2 Å². The zero-order valence-electron chi connectivity index (χ0n) is 16.0. The Morgan fingerprint density at radius 3 is 2.56 bits per heavy atom. The molecule has 4 aromatic rings. The third kappa shape index (κ3) is 3.28. The van der Waals surface area contributed by atoms with Crippen molar-refractivity contribution in [1.82, 2.24) is 29.5 Å². The standard InChI is InChI=1S/C20H23N7/c1-13(2)19-18-16(9-10-21-20(18)27(4)25-19)23-15-8-6-5-7-14(15)11-17-22-12-26(3)24-17/h5-10,12-13H,11H2,1-4H3,(H,21,23). The third-order valence-electron chi connectivity index (χ3n) is 4.58. The normalized spacial score (nSPS) is 11.4. The summed E-state index contributed by atoms with van der Waals surface area (Å²) in [7, 11) is 3.82. The Hall–Kier alpha value is -3.22. The van der Waals surface area contributed by atoms with Crippen LogP contribution in [0.15, 0.2) is 42.9 Å². The van der Waals surface area contributed by atoms with E-state index in [1.54, 1.807) is 11.0 Å². The summed E-state index contributed by atoms with van der Waals surface area (Å²) in [6, 6.07) is 10.3. The molecule has 0 saturated heterocycles. The van der Waals surface area contributed by atoms with E-state index in [1.807, 2.05) is 43.2 Å². The second-order valence-corrected chi connectivity index (χ2v) is 7.01. The van der Waals surface area contributed by atoms with Gasteiger partial charge in [-0.05, 0) is 23.6 Å². The molecule has 138 valence electrons. The summed E-state index contributed by atoms with van der Waals surface area (Å²) in [5.74, 6) is 1.11. The second kappa shape index (κ2) is 6.83. The number of nitrogens with zero attached hydrogens (tertiary/aromatic N) is 6. The van der Waals surface area contributed by atoms with Gasteiger partial charge in [0, 0.05) is 32.4 Å². The van der Waals surface area contributed by atoms with E-state index in [-0.39, 0.29) is 0 Å². The van der Waals surface area contributed by atoms with Crippen LogP contribution in [0.5, 0.6) is 0 Å². The van der Waals surface area contributed by atoms with Crippen molar-refractivity contribution in [2.75, 3.05) is 5.32 Å². The lowest BCUT2D eigenvalue weighted by Gasteiger charge is -2.13. The third-order valence-corrected chi connectivity index (χ3v) is 4.58. The number of benzene rings is 1. The molecule has 0 radical (unpaired) electrons. The molecule has 3 heterocycles. The van der Waals surface area contributed by atoms with Crippen molar-refractivity contribution in [1.29, 1.82) is 0 Å². The number of para-hydroxylation sites is 1. The summed E-state index contributed by atoms with van der Waals surface area (Å²) >= 11 is 0. The first-order chi connectivity index (χ1) is 13.0. The van der Waals surface area contributed by atoms with E-state index < -0.39 is 0 Å². The highest BCUT2D eigenvalue weighted by atomic mass is 15.3. The molecular formula is C20H23N7. The number of anilines is 2. The largest absolute Gasteiger partial charge is 0.355 e. The number of aromatic nitrogens is 6. The highest BCUT2D eigenvalue weighted by Crippen LogP contribution is 2.32. The zero-order chi connectivity index (χ0) is 19.0. The monoisotopic (exact) mass is 361 g/mol. The average molecular weight is 361 g/mol. The van der Waals surface area contributed by atoms with Crippen molar-refractivity contribution in [2.24, 2.45) is 14.1 Å². The molecule has 1 aromatic carbocycles. The van der Waals surface area contributed by atoms with Crippen LogP contribution in [0.25, 0.3) is 11.0 Å². The number of nitrogens with one attached hydrogen (secondary N) is 1. The minimum atomic E-state index is 0.311. The van der Waals surface area contributed by atoms with Gasteiger partial charge in [-0.15, -0.1) is 0 Å². The van der Waals surface area contributed by atoms with Gasteiger partial charge in [-0.3, -0.25) is 9.36 Å². The quantitative estimate of drug-likeness (QED) is 0.588. The Balaban J connectivity index is 1.75. The number of hydrogen-bond acceptors (Lipinski definition) is 5. The Bertz CT molecular complexity index is 1090. The lowest BCUT2D eigenvalue weighted by Crippen LogP contribution is -2.00. The first-order valence-electron chi connectivity index (χ1n) is 9.04. The lowest BCUT2D eigenvalue weighted by molar-refractivity contribution is 0.724.